The first-order chi connectivity index (χ1) is 33.4. The molecule has 6 aliphatic carbocycles. The lowest BCUT2D eigenvalue weighted by Gasteiger charge is -2.73. The maximum absolute atomic E-state index is 14.7. The molecule has 0 radical (unpaired) electrons. The highest BCUT2D eigenvalue weighted by atomic mass is 16.8. The zero-order chi connectivity index (χ0) is 51.3. The second-order valence-corrected chi connectivity index (χ2v) is 25.8. The molecule has 3 saturated heterocycles. The lowest BCUT2D eigenvalue weighted by molar-refractivity contribution is -0.393. The topological polar surface area (TPSA) is 246 Å². The van der Waals surface area contributed by atoms with Crippen LogP contribution >= 0.6 is 0 Å². The van der Waals surface area contributed by atoms with E-state index in [4.69, 9.17) is 28.4 Å². The third-order valence-corrected chi connectivity index (χ3v) is 22.0. The van der Waals surface area contributed by atoms with Gasteiger partial charge in [-0.25, -0.2) is 0 Å². The quantitative estimate of drug-likeness (QED) is 0.104. The minimum atomic E-state index is -1.73. The number of aliphatic hydroxyl groups excluding tert-OH is 8. The number of carbonyl (C=O) groups is 1. The highest BCUT2D eigenvalue weighted by Crippen LogP contribution is 2.77. The molecule has 1 amide bonds. The van der Waals surface area contributed by atoms with Crippen LogP contribution < -0.4 is 5.32 Å². The van der Waals surface area contributed by atoms with Crippen LogP contribution in [0.4, 0.5) is 0 Å². The molecule has 25 atom stereocenters. The van der Waals surface area contributed by atoms with Crippen LogP contribution in [0.5, 0.6) is 0 Å². The maximum atomic E-state index is 14.7. The van der Waals surface area contributed by atoms with E-state index in [9.17, 15) is 45.6 Å². The first-order valence-electron chi connectivity index (χ1n) is 27.7. The summed E-state index contributed by atoms with van der Waals surface area (Å²) < 4.78 is 37.5. The molecule has 0 bridgehead atoms. The van der Waals surface area contributed by atoms with Gasteiger partial charge in [-0.2, -0.15) is 0 Å². The number of ether oxygens (including phenoxy) is 6. The van der Waals surface area contributed by atoms with E-state index in [0.29, 0.717) is 36.0 Å². The molecule has 16 nitrogen and oxygen atoms in total. The highest BCUT2D eigenvalue weighted by molar-refractivity contribution is 5.84. The lowest BCUT2D eigenvalue weighted by Crippen LogP contribution is -2.68. The molecular formula is C55H91NO15. The minimum absolute atomic E-state index is 0.0350. The van der Waals surface area contributed by atoms with Crippen molar-refractivity contribution in [1.82, 2.24) is 5.32 Å². The largest absolute Gasteiger partial charge is 0.394 e. The molecule has 9 aliphatic rings. The number of amides is 1. The van der Waals surface area contributed by atoms with Crippen molar-refractivity contribution in [2.45, 2.75) is 250 Å². The van der Waals surface area contributed by atoms with Crippen LogP contribution in [0, 0.1) is 62.6 Å². The Morgan fingerprint density at radius 1 is 0.620 bits per heavy atom. The van der Waals surface area contributed by atoms with Gasteiger partial charge in [0.25, 0.3) is 0 Å². The molecule has 71 heavy (non-hydrogen) atoms. The summed E-state index contributed by atoms with van der Waals surface area (Å²) in [6.07, 6.45) is -6.24. The molecule has 9 N–H and O–H groups in total. The van der Waals surface area contributed by atoms with Gasteiger partial charge in [-0.3, -0.25) is 4.79 Å². The third kappa shape index (κ3) is 8.94. The number of nitrogens with one attached hydrogen (secondary N) is 1. The Labute approximate surface area is 421 Å². The van der Waals surface area contributed by atoms with Crippen molar-refractivity contribution in [2.75, 3.05) is 13.2 Å². The zero-order valence-electron chi connectivity index (χ0n) is 43.9. The van der Waals surface area contributed by atoms with Crippen molar-refractivity contribution in [3.8, 4) is 0 Å². The van der Waals surface area contributed by atoms with Gasteiger partial charge in [0.05, 0.1) is 30.3 Å². The Bertz CT molecular complexity index is 1900. The summed E-state index contributed by atoms with van der Waals surface area (Å²) in [5.74, 6) is 2.59. The maximum Gasteiger partial charge on any atom is 0.226 e. The van der Waals surface area contributed by atoms with Gasteiger partial charge in [0.15, 0.2) is 18.9 Å². The molecule has 6 saturated carbocycles. The summed E-state index contributed by atoms with van der Waals surface area (Å²) in [5.41, 5.74) is 0.475. The van der Waals surface area contributed by atoms with Crippen molar-refractivity contribution in [2.24, 2.45) is 62.6 Å². The minimum Gasteiger partial charge on any atom is -0.394 e. The molecule has 0 spiro atoms. The standard InChI is InChI=1S/C55H91NO15/c1-27(2)31-17-22-55(50(65)56-25-30-13-11-10-12-14-30)24-23-53(8)32(37(31)55)15-16-35-52(7)20-19-36(51(5,6)34(52)18-21-54(35,53)9)69-49-46(71-48-43(63)41(61)39(59)29(4)67-48)44(64)45(33(26-57)68-49)70-47-42(62)40(60)38(58)28(3)66-47/h28-49,57-64H,1,10-26H2,2-9H3,(H,56,65)/t28-,29-,31-,32+,33+,34-,35+,36-,37+,38-,39-,40+,41+,42+,43+,44-,45+,46+,47-,48-,49-,52-,53+,54+,55-/m0/s1. The number of carbonyl (C=O) groups excluding carboxylic acids is 1. The van der Waals surface area contributed by atoms with Crippen LogP contribution in [-0.2, 0) is 33.2 Å². The van der Waals surface area contributed by atoms with Gasteiger partial charge in [-0.05, 0) is 155 Å². The van der Waals surface area contributed by atoms with Crippen molar-refractivity contribution in [3.63, 3.8) is 0 Å². The smallest absolute Gasteiger partial charge is 0.226 e. The van der Waals surface area contributed by atoms with E-state index in [2.05, 4.69) is 53.4 Å². The summed E-state index contributed by atoms with van der Waals surface area (Å²) in [5, 5.41) is 90.7. The summed E-state index contributed by atoms with van der Waals surface area (Å²) in [7, 11) is 0. The second kappa shape index (κ2) is 20.2. The Morgan fingerprint density at radius 3 is 1.85 bits per heavy atom. The molecule has 3 heterocycles. The van der Waals surface area contributed by atoms with Crippen LogP contribution in [0.15, 0.2) is 12.2 Å². The van der Waals surface area contributed by atoms with Gasteiger partial charge < -0.3 is 74.6 Å². The second-order valence-electron chi connectivity index (χ2n) is 25.8. The predicted molar refractivity (Wildman–Crippen MR) is 260 cm³/mol. The predicted octanol–water partition coefficient (Wildman–Crippen LogP) is 4.23. The van der Waals surface area contributed by atoms with Crippen LogP contribution in [0.2, 0.25) is 0 Å². The van der Waals surface area contributed by atoms with Crippen molar-refractivity contribution in [1.29, 1.82) is 0 Å². The zero-order valence-corrected chi connectivity index (χ0v) is 43.9. The summed E-state index contributed by atoms with van der Waals surface area (Å²) in [4.78, 5) is 14.7. The van der Waals surface area contributed by atoms with Gasteiger partial charge in [0.2, 0.25) is 5.91 Å². The SMILES string of the molecule is C=C(C)[C@@H]1CC[C@]2(C(=O)NCC3CCCCC3)CC[C@]3(C)[C@H](CC[C@@H]4[C@@]5(C)CC[C@H](O[C@@H]6O[C@H](CO)[C@@H](O[C@@H]7O[C@@H](C)[C@H](O)[C@@H](O)[C@H]7O)[C@H](O)[C@H]6O[C@@H]6O[C@@H](C)[C@H](O)[C@@H](O)[C@H]6O)C(C)(C)[C@@H]5CC[C@]43C)[C@@H]12. The number of hydrogen-bond donors (Lipinski definition) is 9. The van der Waals surface area contributed by atoms with E-state index >= 15 is 0 Å². The molecule has 0 aromatic rings. The summed E-state index contributed by atoms with van der Waals surface area (Å²) in [6.45, 7) is 22.1. The molecule has 9 fully saturated rings. The molecule has 16 heteroatoms. The summed E-state index contributed by atoms with van der Waals surface area (Å²) in [6, 6.07) is 0. The molecule has 0 aromatic heterocycles. The number of fused-ring (bicyclic) bond motifs is 7. The van der Waals surface area contributed by atoms with Crippen molar-refractivity contribution in [3.05, 3.63) is 12.2 Å². The number of rotatable bonds is 11. The van der Waals surface area contributed by atoms with Crippen LogP contribution in [-0.4, -0.2) is 158 Å². The van der Waals surface area contributed by atoms with E-state index in [-0.39, 0.29) is 33.5 Å². The van der Waals surface area contributed by atoms with E-state index in [0.717, 1.165) is 64.3 Å². The van der Waals surface area contributed by atoms with E-state index < -0.39 is 110 Å². The molecule has 0 unspecified atom stereocenters. The van der Waals surface area contributed by atoms with Gasteiger partial charge in [-0.15, -0.1) is 0 Å². The van der Waals surface area contributed by atoms with E-state index in [1.165, 1.54) is 51.5 Å². The lowest BCUT2D eigenvalue weighted by atomic mass is 9.32. The number of allylic oxidation sites excluding steroid dienone is 1. The Kier molecular flexibility index (Phi) is 15.5. The Morgan fingerprint density at radius 2 is 1.24 bits per heavy atom. The van der Waals surface area contributed by atoms with Crippen LogP contribution in [0.3, 0.4) is 0 Å². The first-order valence-corrected chi connectivity index (χ1v) is 27.7. The van der Waals surface area contributed by atoms with Gasteiger partial charge in [0.1, 0.15) is 61.0 Å². The van der Waals surface area contributed by atoms with Crippen molar-refractivity contribution < 1.29 is 74.1 Å². The first kappa shape index (κ1) is 54.4. The number of aliphatic hydroxyl groups is 8. The fourth-order valence-electron chi connectivity index (χ4n) is 17.7. The fraction of sp³-hybridized carbons (Fsp3) is 0.945. The van der Waals surface area contributed by atoms with Gasteiger partial charge in [-0.1, -0.05) is 66.0 Å². The molecule has 0 aromatic carbocycles. The summed E-state index contributed by atoms with van der Waals surface area (Å²) >= 11 is 0. The van der Waals surface area contributed by atoms with Crippen LogP contribution in [0.1, 0.15) is 152 Å². The van der Waals surface area contributed by atoms with Crippen molar-refractivity contribution >= 4 is 5.91 Å². The average molecular weight is 1010 g/mol. The Balaban J connectivity index is 0.953. The molecular weight excluding hydrogens is 915 g/mol. The van der Waals surface area contributed by atoms with E-state index in [1.807, 2.05) is 0 Å². The molecule has 406 valence electrons. The third-order valence-electron chi connectivity index (χ3n) is 22.0. The van der Waals surface area contributed by atoms with E-state index in [1.54, 1.807) is 0 Å². The normalized spacial score (nSPS) is 53.2. The molecule has 3 aliphatic heterocycles. The average Bonchev–Trinajstić information content (AvgIpc) is 3.74. The number of hydrogen-bond acceptors (Lipinski definition) is 15. The van der Waals surface area contributed by atoms with Crippen LogP contribution in [0.25, 0.3) is 0 Å². The highest BCUT2D eigenvalue weighted by Gasteiger charge is 2.72. The monoisotopic (exact) mass is 1010 g/mol. The molecule has 9 rings (SSSR count). The van der Waals surface area contributed by atoms with Gasteiger partial charge in [0, 0.05) is 6.54 Å². The van der Waals surface area contributed by atoms with Gasteiger partial charge >= 0.3 is 0 Å². The fourth-order valence-corrected chi connectivity index (χ4v) is 17.7. The Hall–Kier alpha value is -1.35.